The smallest absolute Gasteiger partial charge is 0.247 e. The van der Waals surface area contributed by atoms with E-state index in [1.165, 1.54) is 6.42 Å². The van der Waals surface area contributed by atoms with Gasteiger partial charge in [-0.05, 0) is 48.6 Å². The zero-order chi connectivity index (χ0) is 22.2. The van der Waals surface area contributed by atoms with Crippen LogP contribution in [0.25, 0.3) is 0 Å². The van der Waals surface area contributed by atoms with E-state index in [0.717, 1.165) is 48.1 Å². The second-order valence-corrected chi connectivity index (χ2v) is 8.37. The number of alkyl halides is 1. The molecule has 0 heterocycles. The van der Waals surface area contributed by atoms with Crippen molar-refractivity contribution in [2.75, 3.05) is 13.0 Å². The van der Waals surface area contributed by atoms with Gasteiger partial charge in [-0.15, -0.1) is 11.6 Å². The normalized spacial score (nSPS) is 15.2. The van der Waals surface area contributed by atoms with Crippen molar-refractivity contribution in [2.24, 2.45) is 0 Å². The molecule has 1 saturated carbocycles. The number of halogens is 1. The molecule has 1 atom stereocenters. The lowest BCUT2D eigenvalue weighted by Gasteiger charge is -2.34. The van der Waals surface area contributed by atoms with Crippen molar-refractivity contribution < 1.29 is 14.3 Å². The molecular formula is C25H31ClN2O3. The predicted molar refractivity (Wildman–Crippen MR) is 123 cm³/mol. The largest absolute Gasteiger partial charge is 0.497 e. The highest BCUT2D eigenvalue weighted by Crippen LogP contribution is 2.28. The molecule has 0 aliphatic heterocycles. The molecule has 0 bridgehead atoms. The molecule has 1 N–H and O–H groups in total. The Morgan fingerprint density at radius 2 is 1.77 bits per heavy atom. The lowest BCUT2D eigenvalue weighted by atomic mass is 9.94. The van der Waals surface area contributed by atoms with E-state index >= 15 is 0 Å². The Morgan fingerprint density at radius 3 is 2.39 bits per heavy atom. The number of ether oxygens (including phenoxy) is 1. The molecule has 1 fully saturated rings. The maximum absolute atomic E-state index is 13.5. The minimum atomic E-state index is -0.739. The van der Waals surface area contributed by atoms with Crippen molar-refractivity contribution in [1.82, 2.24) is 10.2 Å². The maximum Gasteiger partial charge on any atom is 0.247 e. The van der Waals surface area contributed by atoms with E-state index < -0.39 is 6.04 Å². The van der Waals surface area contributed by atoms with Gasteiger partial charge in [-0.25, -0.2) is 0 Å². The molecule has 2 aromatic rings. The molecule has 1 aliphatic rings. The van der Waals surface area contributed by atoms with Crippen molar-refractivity contribution in [1.29, 1.82) is 0 Å². The third kappa shape index (κ3) is 6.01. The minimum absolute atomic E-state index is 0.145. The Balaban J connectivity index is 1.94. The van der Waals surface area contributed by atoms with Gasteiger partial charge >= 0.3 is 0 Å². The molecule has 0 saturated heterocycles. The van der Waals surface area contributed by atoms with Crippen LogP contribution in [0.2, 0.25) is 0 Å². The van der Waals surface area contributed by atoms with Gasteiger partial charge in [-0.3, -0.25) is 9.59 Å². The molecule has 31 heavy (non-hydrogen) atoms. The number of aryl methyl sites for hydroxylation is 1. The van der Waals surface area contributed by atoms with Gasteiger partial charge < -0.3 is 15.0 Å². The van der Waals surface area contributed by atoms with E-state index in [4.69, 9.17) is 16.3 Å². The van der Waals surface area contributed by atoms with E-state index in [-0.39, 0.29) is 30.3 Å². The number of hydrogen-bond acceptors (Lipinski definition) is 3. The summed E-state index contributed by atoms with van der Waals surface area (Å²) in [5, 5.41) is 3.21. The van der Waals surface area contributed by atoms with Gasteiger partial charge in [-0.1, -0.05) is 55.7 Å². The number of carbonyl (C=O) groups excluding carboxylic acids is 2. The van der Waals surface area contributed by atoms with Gasteiger partial charge in [0.15, 0.2) is 0 Å². The van der Waals surface area contributed by atoms with Crippen molar-refractivity contribution in [2.45, 2.75) is 57.7 Å². The third-order valence-corrected chi connectivity index (χ3v) is 6.17. The fourth-order valence-electron chi connectivity index (χ4n) is 4.20. The van der Waals surface area contributed by atoms with Crippen LogP contribution < -0.4 is 10.1 Å². The highest BCUT2D eigenvalue weighted by molar-refractivity contribution is 6.27. The number of benzene rings is 2. The molecule has 5 nitrogen and oxygen atoms in total. The summed E-state index contributed by atoms with van der Waals surface area (Å²) in [4.78, 5) is 28.1. The first-order valence-corrected chi connectivity index (χ1v) is 11.4. The van der Waals surface area contributed by atoms with E-state index in [0.29, 0.717) is 0 Å². The quantitative estimate of drug-likeness (QED) is 0.599. The van der Waals surface area contributed by atoms with Crippen molar-refractivity contribution >= 4 is 23.4 Å². The summed E-state index contributed by atoms with van der Waals surface area (Å²) in [6, 6.07) is 14.6. The second kappa shape index (κ2) is 11.2. The molecule has 1 aliphatic carbocycles. The van der Waals surface area contributed by atoms with Crippen LogP contribution >= 0.6 is 11.6 Å². The van der Waals surface area contributed by atoms with Crippen LogP contribution in [0, 0.1) is 6.92 Å². The summed E-state index contributed by atoms with van der Waals surface area (Å²) in [7, 11) is 1.61. The second-order valence-electron chi connectivity index (χ2n) is 8.11. The molecule has 166 valence electrons. The van der Waals surface area contributed by atoms with Crippen LogP contribution in [0.15, 0.2) is 48.5 Å². The van der Waals surface area contributed by atoms with Crippen LogP contribution in [0.3, 0.4) is 0 Å². The van der Waals surface area contributed by atoms with Crippen LogP contribution in [-0.2, 0) is 16.1 Å². The lowest BCUT2D eigenvalue weighted by Crippen LogP contribution is -2.47. The number of carbonyl (C=O) groups is 2. The predicted octanol–water partition coefficient (Wildman–Crippen LogP) is 4.76. The topological polar surface area (TPSA) is 58.6 Å². The lowest BCUT2D eigenvalue weighted by molar-refractivity contribution is -0.140. The SMILES string of the molecule is COc1ccc(CN(C(=O)CCl)[C@@H](C(=O)NC2CCCCC2)c2ccccc2C)cc1. The highest BCUT2D eigenvalue weighted by atomic mass is 35.5. The molecule has 0 spiro atoms. The number of amides is 2. The van der Waals surface area contributed by atoms with Crippen LogP contribution in [0.4, 0.5) is 0 Å². The molecule has 6 heteroatoms. The van der Waals surface area contributed by atoms with Gasteiger partial charge in [0.05, 0.1) is 7.11 Å². The van der Waals surface area contributed by atoms with Gasteiger partial charge in [0, 0.05) is 12.6 Å². The van der Waals surface area contributed by atoms with E-state index in [1.807, 2.05) is 55.5 Å². The summed E-state index contributed by atoms with van der Waals surface area (Å²) < 4.78 is 5.23. The number of nitrogens with one attached hydrogen (secondary N) is 1. The zero-order valence-electron chi connectivity index (χ0n) is 18.3. The number of methoxy groups -OCH3 is 1. The van der Waals surface area contributed by atoms with Gasteiger partial charge in [0.25, 0.3) is 0 Å². The standard InChI is InChI=1S/C25H31ClN2O3/c1-18-8-6-7-11-22(18)24(25(30)27-20-9-4-3-5-10-20)28(23(29)16-26)17-19-12-14-21(31-2)15-13-19/h6-8,11-15,20,24H,3-5,9-10,16-17H2,1-2H3,(H,27,30)/t24-/m1/s1. The molecule has 2 aromatic carbocycles. The number of nitrogens with zero attached hydrogens (tertiary/aromatic N) is 1. The summed E-state index contributed by atoms with van der Waals surface area (Å²) in [5.41, 5.74) is 2.69. The van der Waals surface area contributed by atoms with Crippen LogP contribution in [0.1, 0.15) is 54.8 Å². The first kappa shape index (κ1) is 23.1. The fraction of sp³-hybridized carbons (Fsp3) is 0.440. The first-order chi connectivity index (χ1) is 15.0. The van der Waals surface area contributed by atoms with Gasteiger partial charge in [0.2, 0.25) is 11.8 Å². The average molecular weight is 443 g/mol. The van der Waals surface area contributed by atoms with Crippen LogP contribution in [-0.4, -0.2) is 35.7 Å². The van der Waals surface area contributed by atoms with Crippen LogP contribution in [0.5, 0.6) is 5.75 Å². The minimum Gasteiger partial charge on any atom is -0.497 e. The highest BCUT2D eigenvalue weighted by Gasteiger charge is 2.33. The van der Waals surface area contributed by atoms with Crippen molar-refractivity contribution in [3.8, 4) is 5.75 Å². The Hall–Kier alpha value is -2.53. The number of hydrogen-bond donors (Lipinski definition) is 1. The molecular weight excluding hydrogens is 412 g/mol. The van der Waals surface area contributed by atoms with Crippen molar-refractivity contribution in [3.63, 3.8) is 0 Å². The average Bonchev–Trinajstić information content (AvgIpc) is 2.80. The van der Waals surface area contributed by atoms with Crippen molar-refractivity contribution in [3.05, 3.63) is 65.2 Å². The summed E-state index contributed by atoms with van der Waals surface area (Å²) in [6.07, 6.45) is 5.41. The Bertz CT molecular complexity index is 879. The summed E-state index contributed by atoms with van der Waals surface area (Å²) in [5.74, 6) is 0.136. The van der Waals surface area contributed by atoms with E-state index in [1.54, 1.807) is 12.0 Å². The Morgan fingerprint density at radius 1 is 1.10 bits per heavy atom. The first-order valence-electron chi connectivity index (χ1n) is 10.9. The Kier molecular flexibility index (Phi) is 8.35. The summed E-state index contributed by atoms with van der Waals surface area (Å²) >= 11 is 5.99. The third-order valence-electron chi connectivity index (χ3n) is 5.94. The number of rotatable bonds is 8. The fourth-order valence-corrected chi connectivity index (χ4v) is 4.35. The zero-order valence-corrected chi connectivity index (χ0v) is 19.0. The van der Waals surface area contributed by atoms with E-state index in [2.05, 4.69) is 5.32 Å². The molecule has 0 unspecified atom stereocenters. The molecule has 0 radical (unpaired) electrons. The van der Waals surface area contributed by atoms with E-state index in [9.17, 15) is 9.59 Å². The van der Waals surface area contributed by atoms with Gasteiger partial charge in [-0.2, -0.15) is 0 Å². The molecule has 3 rings (SSSR count). The Labute approximate surface area is 189 Å². The molecule has 0 aromatic heterocycles. The monoisotopic (exact) mass is 442 g/mol. The van der Waals surface area contributed by atoms with Gasteiger partial charge in [0.1, 0.15) is 17.7 Å². The molecule has 2 amide bonds. The summed E-state index contributed by atoms with van der Waals surface area (Å²) in [6.45, 7) is 2.25. The maximum atomic E-state index is 13.5.